The van der Waals surface area contributed by atoms with Gasteiger partial charge in [0.1, 0.15) is 0 Å². The number of hydrogen-bond donors (Lipinski definition) is 1. The van der Waals surface area contributed by atoms with E-state index in [0.29, 0.717) is 6.42 Å². The Morgan fingerprint density at radius 2 is 2.08 bits per heavy atom. The predicted octanol–water partition coefficient (Wildman–Crippen LogP) is 0.183. The first-order valence-electron chi connectivity index (χ1n) is 4.64. The monoisotopic (exact) mass is 207 g/mol. The molecule has 0 saturated heterocycles. The molecule has 78 valence electrons. The molecule has 4 nitrogen and oxygen atoms in total. The molecule has 0 aliphatic heterocycles. The van der Waals surface area contributed by atoms with Crippen molar-refractivity contribution in [2.24, 2.45) is 0 Å². The molecule has 1 fully saturated rings. The van der Waals surface area contributed by atoms with Gasteiger partial charge in [-0.15, -0.1) is 0 Å². The Balaban J connectivity index is 2.47. The van der Waals surface area contributed by atoms with E-state index in [-0.39, 0.29) is 18.4 Å². The van der Waals surface area contributed by atoms with Crippen molar-refractivity contribution in [1.82, 2.24) is 4.31 Å². The lowest BCUT2D eigenvalue weighted by molar-refractivity contribution is 0.247. The number of hydrogen-bond acceptors (Lipinski definition) is 3. The van der Waals surface area contributed by atoms with Crippen LogP contribution in [0.1, 0.15) is 25.7 Å². The van der Waals surface area contributed by atoms with Crippen molar-refractivity contribution in [2.75, 3.05) is 19.4 Å². The van der Waals surface area contributed by atoms with Crippen LogP contribution in [-0.4, -0.2) is 43.3 Å². The lowest BCUT2D eigenvalue weighted by Crippen LogP contribution is -2.42. The Morgan fingerprint density at radius 3 is 2.46 bits per heavy atom. The quantitative estimate of drug-likeness (QED) is 0.700. The van der Waals surface area contributed by atoms with Gasteiger partial charge in [0.15, 0.2) is 0 Å². The first-order valence-corrected chi connectivity index (χ1v) is 6.25. The molecule has 0 bridgehead atoms. The second-order valence-corrected chi connectivity index (χ2v) is 5.64. The maximum Gasteiger partial charge on any atom is 0.214 e. The van der Waals surface area contributed by atoms with Gasteiger partial charge in [0.05, 0.1) is 5.75 Å². The average Bonchev–Trinajstić information content (AvgIpc) is 1.97. The van der Waals surface area contributed by atoms with Crippen molar-refractivity contribution in [3.8, 4) is 0 Å². The molecular formula is C8H17NO3S. The van der Waals surface area contributed by atoms with Gasteiger partial charge in [-0.25, -0.2) is 12.7 Å². The third kappa shape index (κ3) is 2.65. The molecule has 1 aliphatic rings. The summed E-state index contributed by atoms with van der Waals surface area (Å²) in [5.41, 5.74) is 0. The van der Waals surface area contributed by atoms with E-state index >= 15 is 0 Å². The molecule has 0 aromatic heterocycles. The van der Waals surface area contributed by atoms with Crippen molar-refractivity contribution in [3.05, 3.63) is 0 Å². The molecule has 5 heteroatoms. The average molecular weight is 207 g/mol. The summed E-state index contributed by atoms with van der Waals surface area (Å²) < 4.78 is 24.5. The highest BCUT2D eigenvalue weighted by atomic mass is 32.2. The summed E-state index contributed by atoms with van der Waals surface area (Å²) >= 11 is 0. The van der Waals surface area contributed by atoms with Gasteiger partial charge in [-0.05, 0) is 19.3 Å². The third-order valence-corrected chi connectivity index (χ3v) is 4.57. The Labute approximate surface area is 79.6 Å². The summed E-state index contributed by atoms with van der Waals surface area (Å²) in [6, 6.07) is 0.212. The fraction of sp³-hybridized carbons (Fsp3) is 1.00. The zero-order chi connectivity index (χ0) is 9.90. The molecular weight excluding hydrogens is 190 g/mol. The molecule has 0 aromatic carbocycles. The van der Waals surface area contributed by atoms with Gasteiger partial charge >= 0.3 is 0 Å². The van der Waals surface area contributed by atoms with E-state index in [4.69, 9.17) is 5.11 Å². The van der Waals surface area contributed by atoms with Crippen LogP contribution in [0.3, 0.4) is 0 Å². The molecule has 0 radical (unpaired) electrons. The number of sulfonamides is 1. The molecule has 1 rings (SSSR count). The van der Waals surface area contributed by atoms with Crippen molar-refractivity contribution < 1.29 is 13.5 Å². The predicted molar refractivity (Wildman–Crippen MR) is 50.9 cm³/mol. The number of rotatable bonds is 5. The largest absolute Gasteiger partial charge is 0.396 e. The standard InChI is InChI=1S/C8H17NO3S/c1-9(8-4-2-5-8)13(11,12)7-3-6-10/h8,10H,2-7H2,1H3. The van der Waals surface area contributed by atoms with Crippen molar-refractivity contribution >= 4 is 10.0 Å². The van der Waals surface area contributed by atoms with Crippen LogP contribution in [0.15, 0.2) is 0 Å². The molecule has 1 N–H and O–H groups in total. The minimum absolute atomic E-state index is 0.0578. The van der Waals surface area contributed by atoms with Gasteiger partial charge in [-0.1, -0.05) is 6.42 Å². The second-order valence-electron chi connectivity index (χ2n) is 3.49. The lowest BCUT2D eigenvalue weighted by Gasteiger charge is -2.33. The van der Waals surface area contributed by atoms with Gasteiger partial charge < -0.3 is 5.11 Å². The van der Waals surface area contributed by atoms with E-state index in [1.54, 1.807) is 7.05 Å². The summed E-state index contributed by atoms with van der Waals surface area (Å²) in [7, 11) is -1.47. The Morgan fingerprint density at radius 1 is 1.46 bits per heavy atom. The Bertz CT molecular complexity index is 246. The van der Waals surface area contributed by atoms with Crippen molar-refractivity contribution in [3.63, 3.8) is 0 Å². The van der Waals surface area contributed by atoms with E-state index in [9.17, 15) is 8.42 Å². The van der Waals surface area contributed by atoms with E-state index in [1.165, 1.54) is 4.31 Å². The highest BCUT2D eigenvalue weighted by molar-refractivity contribution is 7.89. The molecule has 1 aliphatic carbocycles. The highest BCUT2D eigenvalue weighted by Crippen LogP contribution is 2.25. The van der Waals surface area contributed by atoms with E-state index in [1.807, 2.05) is 0 Å². The van der Waals surface area contributed by atoms with Crippen LogP contribution in [0, 0.1) is 0 Å². The molecule has 13 heavy (non-hydrogen) atoms. The van der Waals surface area contributed by atoms with Crippen molar-refractivity contribution in [2.45, 2.75) is 31.7 Å². The molecule has 0 heterocycles. The van der Waals surface area contributed by atoms with Gasteiger partial charge in [0, 0.05) is 19.7 Å². The molecule has 0 amide bonds. The summed E-state index contributed by atoms with van der Waals surface area (Å²) in [6.07, 6.45) is 3.42. The third-order valence-electron chi connectivity index (χ3n) is 2.59. The maximum absolute atomic E-state index is 11.5. The SMILES string of the molecule is CN(C1CCC1)S(=O)(=O)CCCO. The topological polar surface area (TPSA) is 57.6 Å². The highest BCUT2D eigenvalue weighted by Gasteiger charge is 2.29. The first-order chi connectivity index (χ1) is 6.08. The summed E-state index contributed by atoms with van der Waals surface area (Å²) in [5, 5.41) is 8.54. The number of aliphatic hydroxyl groups excluding tert-OH is 1. The molecule has 0 atom stereocenters. The fourth-order valence-corrected chi connectivity index (χ4v) is 2.82. The van der Waals surface area contributed by atoms with E-state index < -0.39 is 10.0 Å². The minimum atomic E-state index is -3.11. The molecule has 0 aromatic rings. The van der Waals surface area contributed by atoms with Crippen LogP contribution in [0.4, 0.5) is 0 Å². The maximum atomic E-state index is 11.5. The normalized spacial score (nSPS) is 19.0. The van der Waals surface area contributed by atoms with Gasteiger partial charge in [-0.2, -0.15) is 0 Å². The molecule has 0 unspecified atom stereocenters. The van der Waals surface area contributed by atoms with E-state index in [2.05, 4.69) is 0 Å². The van der Waals surface area contributed by atoms with Gasteiger partial charge in [0.25, 0.3) is 0 Å². The second kappa shape index (κ2) is 4.39. The molecule has 0 spiro atoms. The lowest BCUT2D eigenvalue weighted by atomic mass is 9.94. The van der Waals surface area contributed by atoms with Crippen LogP contribution in [-0.2, 0) is 10.0 Å². The zero-order valence-electron chi connectivity index (χ0n) is 7.94. The Kier molecular flexibility index (Phi) is 3.70. The zero-order valence-corrected chi connectivity index (χ0v) is 8.76. The van der Waals surface area contributed by atoms with Crippen LogP contribution < -0.4 is 0 Å². The van der Waals surface area contributed by atoms with Crippen LogP contribution in [0.25, 0.3) is 0 Å². The smallest absolute Gasteiger partial charge is 0.214 e. The van der Waals surface area contributed by atoms with Crippen LogP contribution in [0.5, 0.6) is 0 Å². The minimum Gasteiger partial charge on any atom is -0.396 e. The number of nitrogens with zero attached hydrogens (tertiary/aromatic N) is 1. The number of aliphatic hydroxyl groups is 1. The van der Waals surface area contributed by atoms with Gasteiger partial charge in [0.2, 0.25) is 10.0 Å². The first kappa shape index (κ1) is 10.9. The fourth-order valence-electron chi connectivity index (χ4n) is 1.37. The van der Waals surface area contributed by atoms with Gasteiger partial charge in [-0.3, -0.25) is 0 Å². The van der Waals surface area contributed by atoms with Crippen molar-refractivity contribution in [1.29, 1.82) is 0 Å². The van der Waals surface area contributed by atoms with Crippen LogP contribution >= 0.6 is 0 Å². The molecule has 1 saturated carbocycles. The van der Waals surface area contributed by atoms with Crippen LogP contribution in [0.2, 0.25) is 0 Å². The summed E-state index contributed by atoms with van der Waals surface area (Å²) in [4.78, 5) is 0. The Hall–Kier alpha value is -0.130. The summed E-state index contributed by atoms with van der Waals surface area (Å²) in [5.74, 6) is 0.0660. The summed E-state index contributed by atoms with van der Waals surface area (Å²) in [6.45, 7) is -0.0578. The van der Waals surface area contributed by atoms with E-state index in [0.717, 1.165) is 19.3 Å².